The fourth-order valence-corrected chi connectivity index (χ4v) is 2.40. The Morgan fingerprint density at radius 2 is 1.92 bits per heavy atom. The number of benzene rings is 1. The Kier molecular flexibility index (Phi) is 4.29. The van der Waals surface area contributed by atoms with Gasteiger partial charge in [-0.05, 0) is 19.4 Å². The molecule has 0 aliphatic carbocycles. The van der Waals surface area contributed by atoms with Gasteiger partial charge in [-0.15, -0.1) is 0 Å². The van der Waals surface area contributed by atoms with Crippen molar-refractivity contribution in [3.05, 3.63) is 75.5 Å². The summed E-state index contributed by atoms with van der Waals surface area (Å²) in [5.74, 6) is 0.0776. The first-order chi connectivity index (χ1) is 11.5. The minimum atomic E-state index is -0.577. The molecule has 0 radical (unpaired) electrons. The number of esters is 1. The Bertz CT molecular complexity index is 898. The van der Waals surface area contributed by atoms with Crippen LogP contribution in [0.1, 0.15) is 27.4 Å². The van der Waals surface area contributed by atoms with Gasteiger partial charge >= 0.3 is 11.6 Å². The third-order valence-electron chi connectivity index (χ3n) is 3.51. The number of carbonyl (C=O) groups is 1. The van der Waals surface area contributed by atoms with Crippen molar-refractivity contribution in [2.75, 3.05) is 0 Å². The van der Waals surface area contributed by atoms with Crippen LogP contribution < -0.4 is 5.63 Å². The number of hydrogen-bond acceptors (Lipinski definition) is 6. The molecule has 0 amide bonds. The van der Waals surface area contributed by atoms with E-state index in [2.05, 4.69) is 5.16 Å². The van der Waals surface area contributed by atoms with Crippen molar-refractivity contribution >= 4 is 5.97 Å². The maximum absolute atomic E-state index is 12.2. The summed E-state index contributed by atoms with van der Waals surface area (Å²) in [4.78, 5) is 23.5. The fourth-order valence-electron chi connectivity index (χ4n) is 2.40. The smallest absolute Gasteiger partial charge is 0.342 e. The Morgan fingerprint density at radius 3 is 2.62 bits per heavy atom. The first kappa shape index (κ1) is 15.7. The predicted octanol–water partition coefficient (Wildman–Crippen LogP) is 3.27. The first-order valence-electron chi connectivity index (χ1n) is 7.34. The maximum atomic E-state index is 12.2. The highest BCUT2D eigenvalue weighted by atomic mass is 16.5. The Balaban J connectivity index is 1.72. The minimum Gasteiger partial charge on any atom is -0.454 e. The molecule has 0 N–H and O–H groups in total. The summed E-state index contributed by atoms with van der Waals surface area (Å²) >= 11 is 0. The maximum Gasteiger partial charge on any atom is 0.342 e. The number of carbonyl (C=O) groups excluding carboxylic acids is 1. The summed E-state index contributed by atoms with van der Waals surface area (Å²) in [6.07, 6.45) is 0. The Labute approximate surface area is 137 Å². The average Bonchev–Trinajstić information content (AvgIpc) is 3.02. The average molecular weight is 325 g/mol. The van der Waals surface area contributed by atoms with Crippen LogP contribution in [0.3, 0.4) is 0 Å². The van der Waals surface area contributed by atoms with Gasteiger partial charge in [0, 0.05) is 17.7 Å². The van der Waals surface area contributed by atoms with Crippen molar-refractivity contribution in [3.8, 4) is 11.3 Å². The van der Waals surface area contributed by atoms with Gasteiger partial charge in [-0.3, -0.25) is 0 Å². The van der Waals surface area contributed by atoms with Crippen molar-refractivity contribution in [3.63, 3.8) is 0 Å². The minimum absolute atomic E-state index is 0.0589. The van der Waals surface area contributed by atoms with E-state index in [4.69, 9.17) is 13.7 Å². The van der Waals surface area contributed by atoms with Gasteiger partial charge in [0.05, 0.1) is 0 Å². The molecule has 2 aromatic heterocycles. The monoisotopic (exact) mass is 325 g/mol. The second-order valence-electron chi connectivity index (χ2n) is 5.30. The van der Waals surface area contributed by atoms with Crippen LogP contribution >= 0.6 is 0 Å². The fraction of sp³-hybridized carbons (Fsp3) is 0.167. The van der Waals surface area contributed by atoms with E-state index in [1.54, 1.807) is 19.9 Å². The molecule has 0 saturated heterocycles. The largest absolute Gasteiger partial charge is 0.454 e. The molecule has 3 rings (SSSR count). The number of aryl methyl sites for hydroxylation is 2. The summed E-state index contributed by atoms with van der Waals surface area (Å²) < 4.78 is 15.3. The first-order valence-corrected chi connectivity index (χ1v) is 7.34. The van der Waals surface area contributed by atoms with Crippen molar-refractivity contribution < 1.29 is 18.5 Å². The van der Waals surface area contributed by atoms with Gasteiger partial charge in [0.2, 0.25) is 0 Å². The zero-order valence-corrected chi connectivity index (χ0v) is 13.2. The van der Waals surface area contributed by atoms with Crippen LogP contribution in [0.2, 0.25) is 0 Å². The Hall–Kier alpha value is -3.15. The summed E-state index contributed by atoms with van der Waals surface area (Å²) in [7, 11) is 0. The summed E-state index contributed by atoms with van der Waals surface area (Å²) in [5, 5.41) is 3.96. The molecule has 0 atom stereocenters. The van der Waals surface area contributed by atoms with E-state index in [-0.39, 0.29) is 17.9 Å². The van der Waals surface area contributed by atoms with Gasteiger partial charge in [0.15, 0.2) is 12.4 Å². The van der Waals surface area contributed by atoms with Crippen LogP contribution in [-0.2, 0) is 11.3 Å². The molecular weight excluding hydrogens is 310 g/mol. The van der Waals surface area contributed by atoms with Crippen LogP contribution in [0.15, 0.2) is 56.2 Å². The molecule has 0 spiro atoms. The van der Waals surface area contributed by atoms with Crippen molar-refractivity contribution in [1.82, 2.24) is 5.16 Å². The lowest BCUT2D eigenvalue weighted by Gasteiger charge is -2.06. The Morgan fingerprint density at radius 1 is 1.17 bits per heavy atom. The zero-order valence-electron chi connectivity index (χ0n) is 13.2. The third kappa shape index (κ3) is 3.27. The summed E-state index contributed by atoms with van der Waals surface area (Å²) in [6, 6.07) is 12.5. The van der Waals surface area contributed by atoms with Crippen molar-refractivity contribution in [2.45, 2.75) is 20.5 Å². The second-order valence-corrected chi connectivity index (χ2v) is 5.30. The molecule has 6 nitrogen and oxygen atoms in total. The van der Waals surface area contributed by atoms with Crippen LogP contribution in [0.4, 0.5) is 0 Å². The van der Waals surface area contributed by atoms with Crippen LogP contribution in [-0.4, -0.2) is 11.1 Å². The van der Waals surface area contributed by atoms with E-state index in [9.17, 15) is 9.59 Å². The second kappa shape index (κ2) is 6.54. The lowest BCUT2D eigenvalue weighted by atomic mass is 10.1. The van der Waals surface area contributed by atoms with E-state index in [1.807, 2.05) is 30.3 Å². The predicted molar refractivity (Wildman–Crippen MR) is 85.5 cm³/mol. The highest BCUT2D eigenvalue weighted by molar-refractivity contribution is 5.91. The molecule has 0 fully saturated rings. The molecule has 3 aromatic rings. The normalized spacial score (nSPS) is 10.6. The summed E-state index contributed by atoms with van der Waals surface area (Å²) in [6.45, 7) is 3.14. The molecule has 24 heavy (non-hydrogen) atoms. The van der Waals surface area contributed by atoms with E-state index >= 15 is 0 Å². The molecule has 0 saturated carbocycles. The van der Waals surface area contributed by atoms with Crippen LogP contribution in [0, 0.1) is 13.8 Å². The molecule has 0 bridgehead atoms. The SMILES string of the molecule is Cc1cc(=O)oc(C)c1C(=O)OCc1cc(-c2ccccc2)no1. The molecular formula is C18H15NO5. The number of ether oxygens (including phenoxy) is 1. The third-order valence-corrected chi connectivity index (χ3v) is 3.51. The van der Waals surface area contributed by atoms with Gasteiger partial charge in [0.1, 0.15) is 17.0 Å². The van der Waals surface area contributed by atoms with Crippen molar-refractivity contribution in [1.29, 1.82) is 0 Å². The van der Waals surface area contributed by atoms with Crippen molar-refractivity contribution in [2.24, 2.45) is 0 Å². The molecule has 0 aliphatic rings. The van der Waals surface area contributed by atoms with E-state index in [0.29, 0.717) is 17.0 Å². The van der Waals surface area contributed by atoms with E-state index < -0.39 is 11.6 Å². The summed E-state index contributed by atoms with van der Waals surface area (Å²) in [5.41, 5.74) is 1.84. The van der Waals surface area contributed by atoms with E-state index in [1.165, 1.54) is 6.07 Å². The number of aromatic nitrogens is 1. The molecule has 0 aliphatic heterocycles. The standard InChI is InChI=1S/C18H15NO5/c1-11-8-16(20)23-12(2)17(11)18(21)22-10-14-9-15(19-24-14)13-6-4-3-5-7-13/h3-9H,10H2,1-2H3. The van der Waals surface area contributed by atoms with E-state index in [0.717, 1.165) is 5.56 Å². The number of rotatable bonds is 4. The quantitative estimate of drug-likeness (QED) is 0.685. The zero-order chi connectivity index (χ0) is 17.1. The van der Waals surface area contributed by atoms with Crippen LogP contribution in [0.5, 0.6) is 0 Å². The lowest BCUT2D eigenvalue weighted by molar-refractivity contribution is 0.0432. The molecule has 122 valence electrons. The number of hydrogen-bond donors (Lipinski definition) is 0. The molecule has 6 heteroatoms. The van der Waals surface area contributed by atoms with Gasteiger partial charge < -0.3 is 13.7 Å². The van der Waals surface area contributed by atoms with Gasteiger partial charge in [-0.2, -0.15) is 0 Å². The van der Waals surface area contributed by atoms with Gasteiger partial charge in [0.25, 0.3) is 0 Å². The number of nitrogens with zero attached hydrogens (tertiary/aromatic N) is 1. The topological polar surface area (TPSA) is 82.5 Å². The van der Waals surface area contributed by atoms with Gasteiger partial charge in [-0.25, -0.2) is 9.59 Å². The van der Waals surface area contributed by atoms with Gasteiger partial charge in [-0.1, -0.05) is 35.5 Å². The molecule has 2 heterocycles. The highest BCUT2D eigenvalue weighted by Crippen LogP contribution is 2.19. The van der Waals surface area contributed by atoms with Crippen LogP contribution in [0.25, 0.3) is 11.3 Å². The highest BCUT2D eigenvalue weighted by Gasteiger charge is 2.17. The lowest BCUT2D eigenvalue weighted by Crippen LogP contribution is -2.12. The molecule has 1 aromatic carbocycles. The molecule has 0 unspecified atom stereocenters.